The van der Waals surface area contributed by atoms with Crippen molar-refractivity contribution in [2.24, 2.45) is 0 Å². The third kappa shape index (κ3) is 3.91. The van der Waals surface area contributed by atoms with E-state index >= 15 is 0 Å². The first kappa shape index (κ1) is 14.8. The molecule has 0 radical (unpaired) electrons. The Labute approximate surface area is 115 Å². The quantitative estimate of drug-likeness (QED) is 0.827. The fourth-order valence-electron chi connectivity index (χ4n) is 3.28. The molecule has 5 heteroatoms. The van der Waals surface area contributed by atoms with Crippen molar-refractivity contribution in [2.45, 2.75) is 44.7 Å². The highest BCUT2D eigenvalue weighted by molar-refractivity contribution is 5.73. The van der Waals surface area contributed by atoms with Crippen LogP contribution in [0.2, 0.25) is 0 Å². The summed E-state index contributed by atoms with van der Waals surface area (Å²) in [5.41, 5.74) is 0. The van der Waals surface area contributed by atoms with Gasteiger partial charge in [-0.25, -0.2) is 0 Å². The number of carbonyl (C=O) groups is 1. The van der Waals surface area contributed by atoms with E-state index < -0.39 is 12.0 Å². The lowest BCUT2D eigenvalue weighted by Gasteiger charge is -2.38. The molecule has 2 aliphatic heterocycles. The molecular weight excluding hydrogens is 244 g/mol. The summed E-state index contributed by atoms with van der Waals surface area (Å²) in [5, 5.41) is 9.31. The molecule has 110 valence electrons. The predicted molar refractivity (Wildman–Crippen MR) is 73.3 cm³/mol. The summed E-state index contributed by atoms with van der Waals surface area (Å²) in [4.78, 5) is 16.0. The molecule has 2 fully saturated rings. The predicted octanol–water partition coefficient (Wildman–Crippen LogP) is 1.04. The summed E-state index contributed by atoms with van der Waals surface area (Å²) in [6, 6.07) is -0.0386. The summed E-state index contributed by atoms with van der Waals surface area (Å²) in [7, 11) is 0. The minimum Gasteiger partial charge on any atom is -0.480 e. The summed E-state index contributed by atoms with van der Waals surface area (Å²) >= 11 is 0. The highest BCUT2D eigenvalue weighted by Crippen LogP contribution is 2.21. The molecule has 2 saturated heterocycles. The third-order valence-electron chi connectivity index (χ3n) is 4.25. The Morgan fingerprint density at radius 2 is 2.16 bits per heavy atom. The van der Waals surface area contributed by atoms with Gasteiger partial charge in [0, 0.05) is 12.6 Å². The maximum atomic E-state index is 11.3. The van der Waals surface area contributed by atoms with Crippen LogP contribution in [0, 0.1) is 0 Å². The van der Waals surface area contributed by atoms with Gasteiger partial charge in [-0.05, 0) is 45.3 Å². The van der Waals surface area contributed by atoms with Crippen molar-refractivity contribution in [1.29, 1.82) is 0 Å². The first-order valence-electron chi connectivity index (χ1n) is 7.51. The van der Waals surface area contributed by atoms with Gasteiger partial charge >= 0.3 is 5.97 Å². The van der Waals surface area contributed by atoms with Gasteiger partial charge in [0.1, 0.15) is 6.04 Å². The lowest BCUT2D eigenvalue weighted by atomic mass is 10.0. The summed E-state index contributed by atoms with van der Waals surface area (Å²) < 4.78 is 5.32. The van der Waals surface area contributed by atoms with Gasteiger partial charge in [-0.2, -0.15) is 0 Å². The van der Waals surface area contributed by atoms with Gasteiger partial charge in [0.25, 0.3) is 0 Å². The molecule has 0 aromatic rings. The number of hydrogen-bond donors (Lipinski definition) is 1. The molecule has 0 spiro atoms. The molecule has 0 aromatic heterocycles. The molecule has 2 aliphatic rings. The zero-order valence-corrected chi connectivity index (χ0v) is 11.9. The number of morpholine rings is 1. The van der Waals surface area contributed by atoms with E-state index in [4.69, 9.17) is 4.74 Å². The van der Waals surface area contributed by atoms with E-state index in [-0.39, 0.29) is 0 Å². The second-order valence-corrected chi connectivity index (χ2v) is 5.59. The first-order chi connectivity index (χ1) is 9.22. The molecule has 2 unspecified atom stereocenters. The van der Waals surface area contributed by atoms with E-state index in [1.807, 2.05) is 0 Å². The van der Waals surface area contributed by atoms with Crippen molar-refractivity contribution < 1.29 is 14.6 Å². The molecule has 0 amide bonds. The lowest BCUT2D eigenvalue weighted by molar-refractivity contribution is -0.151. The Morgan fingerprint density at radius 3 is 2.89 bits per heavy atom. The van der Waals surface area contributed by atoms with Crippen molar-refractivity contribution in [3.8, 4) is 0 Å². The SMILES string of the molecule is CCCN1CCCC(N2CCOCC2C(=O)O)CC1. The van der Waals surface area contributed by atoms with E-state index in [0.717, 1.165) is 39.0 Å². The van der Waals surface area contributed by atoms with Crippen molar-refractivity contribution in [1.82, 2.24) is 9.80 Å². The number of ether oxygens (including phenoxy) is 1. The topological polar surface area (TPSA) is 53.0 Å². The van der Waals surface area contributed by atoms with E-state index in [1.54, 1.807) is 0 Å². The average Bonchev–Trinajstić information content (AvgIpc) is 2.65. The van der Waals surface area contributed by atoms with Crippen LogP contribution in [0.5, 0.6) is 0 Å². The monoisotopic (exact) mass is 270 g/mol. The molecular formula is C14H26N2O3. The fraction of sp³-hybridized carbons (Fsp3) is 0.929. The Balaban J connectivity index is 1.94. The minimum absolute atomic E-state index is 0.338. The van der Waals surface area contributed by atoms with Gasteiger partial charge in [0.2, 0.25) is 0 Å². The smallest absolute Gasteiger partial charge is 0.323 e. The van der Waals surface area contributed by atoms with Crippen LogP contribution in [0.15, 0.2) is 0 Å². The molecule has 19 heavy (non-hydrogen) atoms. The molecule has 0 aliphatic carbocycles. The molecule has 2 rings (SSSR count). The highest BCUT2D eigenvalue weighted by Gasteiger charge is 2.34. The second-order valence-electron chi connectivity index (χ2n) is 5.59. The van der Waals surface area contributed by atoms with Gasteiger partial charge in [-0.1, -0.05) is 6.92 Å². The molecule has 0 bridgehead atoms. The molecule has 2 atom stereocenters. The zero-order chi connectivity index (χ0) is 13.7. The van der Waals surface area contributed by atoms with Crippen LogP contribution in [0.1, 0.15) is 32.6 Å². The average molecular weight is 270 g/mol. The molecule has 5 nitrogen and oxygen atoms in total. The first-order valence-corrected chi connectivity index (χ1v) is 7.51. The maximum absolute atomic E-state index is 11.3. The van der Waals surface area contributed by atoms with Crippen LogP contribution in [-0.4, -0.2) is 72.4 Å². The van der Waals surface area contributed by atoms with Gasteiger partial charge in [-0.15, -0.1) is 0 Å². The van der Waals surface area contributed by atoms with Crippen molar-refractivity contribution in [3.05, 3.63) is 0 Å². The molecule has 0 aromatic carbocycles. The third-order valence-corrected chi connectivity index (χ3v) is 4.25. The van der Waals surface area contributed by atoms with Crippen molar-refractivity contribution in [3.63, 3.8) is 0 Å². The Kier molecular flexibility index (Phi) is 5.60. The van der Waals surface area contributed by atoms with E-state index in [1.165, 1.54) is 12.8 Å². The van der Waals surface area contributed by atoms with Crippen molar-refractivity contribution >= 4 is 5.97 Å². The Morgan fingerprint density at radius 1 is 1.32 bits per heavy atom. The van der Waals surface area contributed by atoms with Crippen LogP contribution < -0.4 is 0 Å². The summed E-state index contributed by atoms with van der Waals surface area (Å²) in [5.74, 6) is -0.741. The Hall–Kier alpha value is -0.650. The zero-order valence-electron chi connectivity index (χ0n) is 11.9. The fourth-order valence-corrected chi connectivity index (χ4v) is 3.28. The summed E-state index contributed by atoms with van der Waals surface area (Å²) in [6.07, 6.45) is 4.57. The number of likely N-dealkylation sites (tertiary alicyclic amines) is 1. The van der Waals surface area contributed by atoms with Gasteiger partial charge in [0.05, 0.1) is 13.2 Å². The van der Waals surface area contributed by atoms with Crippen molar-refractivity contribution in [2.75, 3.05) is 39.4 Å². The molecule has 2 heterocycles. The Bertz CT molecular complexity index is 298. The van der Waals surface area contributed by atoms with Crippen LogP contribution in [-0.2, 0) is 9.53 Å². The van der Waals surface area contributed by atoms with Crippen LogP contribution in [0.3, 0.4) is 0 Å². The van der Waals surface area contributed by atoms with Gasteiger partial charge in [0.15, 0.2) is 0 Å². The normalized spacial score (nSPS) is 31.0. The second kappa shape index (κ2) is 7.22. The standard InChI is InChI=1S/C14H26N2O3/c1-2-6-15-7-3-4-12(5-8-15)16-9-10-19-11-13(16)14(17)18/h12-13H,2-11H2,1H3,(H,17,18). The molecule has 0 saturated carbocycles. The van der Waals surface area contributed by atoms with Crippen LogP contribution >= 0.6 is 0 Å². The largest absolute Gasteiger partial charge is 0.480 e. The van der Waals surface area contributed by atoms with E-state index in [2.05, 4.69) is 16.7 Å². The number of carboxylic acids is 1. The van der Waals surface area contributed by atoms with Gasteiger partial charge in [-0.3, -0.25) is 9.69 Å². The number of carboxylic acid groups (broad SMARTS) is 1. The molecule has 1 N–H and O–H groups in total. The lowest BCUT2D eigenvalue weighted by Crippen LogP contribution is -2.54. The number of aliphatic carboxylic acids is 1. The minimum atomic E-state index is -0.741. The number of hydrogen-bond acceptors (Lipinski definition) is 4. The number of rotatable bonds is 4. The highest BCUT2D eigenvalue weighted by atomic mass is 16.5. The number of nitrogens with zero attached hydrogens (tertiary/aromatic N) is 2. The maximum Gasteiger partial charge on any atom is 0.323 e. The van der Waals surface area contributed by atoms with Crippen LogP contribution in [0.25, 0.3) is 0 Å². The summed E-state index contributed by atoms with van der Waals surface area (Å²) in [6.45, 7) is 7.40. The van der Waals surface area contributed by atoms with E-state index in [0.29, 0.717) is 19.3 Å². The van der Waals surface area contributed by atoms with E-state index in [9.17, 15) is 9.90 Å². The van der Waals surface area contributed by atoms with Crippen LogP contribution in [0.4, 0.5) is 0 Å². The van der Waals surface area contributed by atoms with Gasteiger partial charge < -0.3 is 14.7 Å².